The molecular formula is C12H17BrN2O2. The monoisotopic (exact) mass is 300 g/mol. The van der Waals surface area contributed by atoms with Crippen LogP contribution in [0.4, 0.5) is 0 Å². The molecule has 0 radical (unpaired) electrons. The first-order valence-electron chi connectivity index (χ1n) is 5.43. The van der Waals surface area contributed by atoms with E-state index in [2.05, 4.69) is 21.4 Å². The smallest absolute Gasteiger partial charge is 0.274 e. The van der Waals surface area contributed by atoms with Crippen LogP contribution >= 0.6 is 15.9 Å². The number of aryl methyl sites for hydroxylation is 2. The number of carbonyl (C=O) groups is 1. The van der Waals surface area contributed by atoms with Gasteiger partial charge in [0.2, 0.25) is 0 Å². The number of hydrogen-bond donors (Lipinski definition) is 2. The van der Waals surface area contributed by atoms with Crippen molar-refractivity contribution < 1.29 is 9.53 Å². The summed E-state index contributed by atoms with van der Waals surface area (Å²) in [4.78, 5) is 11.4. The Kier molecular flexibility index (Phi) is 4.96. The van der Waals surface area contributed by atoms with Crippen molar-refractivity contribution in [3.63, 3.8) is 0 Å². The van der Waals surface area contributed by atoms with Gasteiger partial charge in [-0.3, -0.25) is 10.2 Å². The SMILES string of the molecule is CCC(Oc1cc(C)c(Br)c(C)c1)C(=O)NN. The van der Waals surface area contributed by atoms with Gasteiger partial charge in [0.05, 0.1) is 0 Å². The van der Waals surface area contributed by atoms with E-state index < -0.39 is 6.10 Å². The quantitative estimate of drug-likeness (QED) is 0.509. The van der Waals surface area contributed by atoms with Crippen molar-refractivity contribution in [2.24, 2.45) is 5.84 Å². The average Bonchev–Trinajstić information content (AvgIpc) is 2.31. The summed E-state index contributed by atoms with van der Waals surface area (Å²) < 4.78 is 6.68. The lowest BCUT2D eigenvalue weighted by Gasteiger charge is -2.17. The van der Waals surface area contributed by atoms with E-state index in [1.165, 1.54) is 0 Å². The predicted molar refractivity (Wildman–Crippen MR) is 70.7 cm³/mol. The number of nitrogens with two attached hydrogens (primary N) is 1. The molecule has 1 aromatic carbocycles. The summed E-state index contributed by atoms with van der Waals surface area (Å²) in [6, 6.07) is 3.78. The number of nitrogens with one attached hydrogen (secondary N) is 1. The molecule has 0 saturated carbocycles. The zero-order valence-corrected chi connectivity index (χ0v) is 11.8. The Balaban J connectivity index is 2.91. The number of halogens is 1. The number of benzene rings is 1. The standard InChI is InChI=1S/C12H17BrN2O2/c1-4-10(12(16)15-14)17-9-5-7(2)11(13)8(3)6-9/h5-6,10H,4,14H2,1-3H3,(H,15,16). The molecule has 0 bridgehead atoms. The van der Waals surface area contributed by atoms with Gasteiger partial charge in [-0.1, -0.05) is 22.9 Å². The summed E-state index contributed by atoms with van der Waals surface area (Å²) in [6.07, 6.45) is 0.0111. The number of rotatable bonds is 4. The van der Waals surface area contributed by atoms with Crippen molar-refractivity contribution in [1.82, 2.24) is 5.43 Å². The third kappa shape index (κ3) is 3.44. The van der Waals surface area contributed by atoms with Crippen molar-refractivity contribution in [1.29, 1.82) is 0 Å². The first-order valence-corrected chi connectivity index (χ1v) is 6.22. The molecule has 0 heterocycles. The number of ether oxygens (including phenoxy) is 1. The minimum absolute atomic E-state index is 0.314. The number of hydrogen-bond acceptors (Lipinski definition) is 3. The maximum atomic E-state index is 11.4. The Morgan fingerprint density at radius 3 is 2.41 bits per heavy atom. The molecule has 1 aromatic rings. The van der Waals surface area contributed by atoms with Crippen LogP contribution in [0.25, 0.3) is 0 Å². The van der Waals surface area contributed by atoms with Crippen LogP contribution in [0.2, 0.25) is 0 Å². The van der Waals surface area contributed by atoms with Crippen LogP contribution < -0.4 is 16.0 Å². The van der Waals surface area contributed by atoms with Gasteiger partial charge in [-0.2, -0.15) is 0 Å². The molecule has 94 valence electrons. The molecule has 3 N–H and O–H groups in total. The minimum Gasteiger partial charge on any atom is -0.481 e. The van der Waals surface area contributed by atoms with Gasteiger partial charge in [-0.05, 0) is 43.5 Å². The molecule has 1 atom stereocenters. The molecule has 0 aliphatic heterocycles. The number of hydrazine groups is 1. The third-order valence-corrected chi connectivity index (χ3v) is 3.74. The second-order valence-electron chi connectivity index (χ2n) is 3.89. The molecule has 4 nitrogen and oxygen atoms in total. The fourth-order valence-corrected chi connectivity index (χ4v) is 1.78. The van der Waals surface area contributed by atoms with Gasteiger partial charge < -0.3 is 4.74 Å². The Bertz CT molecular complexity index is 398. The molecule has 0 aromatic heterocycles. The van der Waals surface area contributed by atoms with Gasteiger partial charge in [0.25, 0.3) is 5.91 Å². The van der Waals surface area contributed by atoms with Crippen LogP contribution in [0.3, 0.4) is 0 Å². The second-order valence-corrected chi connectivity index (χ2v) is 4.69. The highest BCUT2D eigenvalue weighted by molar-refractivity contribution is 9.10. The van der Waals surface area contributed by atoms with Gasteiger partial charge in [0.1, 0.15) is 5.75 Å². The third-order valence-electron chi connectivity index (χ3n) is 2.49. The minimum atomic E-state index is -0.556. The molecule has 0 aliphatic carbocycles. The molecule has 17 heavy (non-hydrogen) atoms. The molecule has 0 aliphatic rings. The Labute approximate surface area is 110 Å². The van der Waals surface area contributed by atoms with Crippen molar-refractivity contribution in [3.8, 4) is 5.75 Å². The first-order chi connectivity index (χ1) is 7.99. The summed E-state index contributed by atoms with van der Waals surface area (Å²) >= 11 is 3.48. The summed E-state index contributed by atoms with van der Waals surface area (Å²) in [5, 5.41) is 0. The van der Waals surface area contributed by atoms with Crippen LogP contribution in [0.15, 0.2) is 16.6 Å². The number of amides is 1. The van der Waals surface area contributed by atoms with E-state index in [1.807, 2.05) is 32.9 Å². The molecule has 0 spiro atoms. The van der Waals surface area contributed by atoms with Crippen molar-refractivity contribution in [2.75, 3.05) is 0 Å². The van der Waals surface area contributed by atoms with Gasteiger partial charge >= 0.3 is 0 Å². The molecule has 1 amide bonds. The summed E-state index contributed by atoms with van der Waals surface area (Å²) in [6.45, 7) is 5.83. The molecule has 5 heteroatoms. The summed E-state index contributed by atoms with van der Waals surface area (Å²) in [7, 11) is 0. The average molecular weight is 301 g/mol. The maximum absolute atomic E-state index is 11.4. The number of carbonyl (C=O) groups excluding carboxylic acids is 1. The zero-order valence-electron chi connectivity index (χ0n) is 10.2. The maximum Gasteiger partial charge on any atom is 0.274 e. The van der Waals surface area contributed by atoms with Crippen molar-refractivity contribution in [3.05, 3.63) is 27.7 Å². The van der Waals surface area contributed by atoms with E-state index >= 15 is 0 Å². The normalized spacial score (nSPS) is 12.1. The van der Waals surface area contributed by atoms with E-state index in [0.717, 1.165) is 15.6 Å². The van der Waals surface area contributed by atoms with Crippen LogP contribution in [0.5, 0.6) is 5.75 Å². The topological polar surface area (TPSA) is 64.3 Å². The summed E-state index contributed by atoms with van der Waals surface area (Å²) in [5.41, 5.74) is 4.25. The molecule has 0 saturated heterocycles. The van der Waals surface area contributed by atoms with E-state index in [9.17, 15) is 4.79 Å². The molecule has 0 fully saturated rings. The molecule has 1 rings (SSSR count). The van der Waals surface area contributed by atoms with Crippen LogP contribution in [-0.2, 0) is 4.79 Å². The Morgan fingerprint density at radius 2 is 2.00 bits per heavy atom. The highest BCUT2D eigenvalue weighted by Gasteiger charge is 2.17. The summed E-state index contributed by atoms with van der Waals surface area (Å²) in [5.74, 6) is 5.46. The van der Waals surface area contributed by atoms with Gasteiger partial charge in [-0.25, -0.2) is 5.84 Å². The first kappa shape index (κ1) is 14.0. The highest BCUT2D eigenvalue weighted by Crippen LogP contribution is 2.27. The highest BCUT2D eigenvalue weighted by atomic mass is 79.9. The zero-order chi connectivity index (χ0) is 13.0. The van der Waals surface area contributed by atoms with Crippen molar-refractivity contribution in [2.45, 2.75) is 33.3 Å². The lowest BCUT2D eigenvalue weighted by molar-refractivity contribution is -0.128. The van der Waals surface area contributed by atoms with E-state index in [4.69, 9.17) is 10.6 Å². The van der Waals surface area contributed by atoms with E-state index in [-0.39, 0.29) is 5.91 Å². The predicted octanol–water partition coefficient (Wildman–Crippen LogP) is 2.21. The van der Waals surface area contributed by atoms with Crippen LogP contribution in [0, 0.1) is 13.8 Å². The second kappa shape index (κ2) is 6.02. The lowest BCUT2D eigenvalue weighted by atomic mass is 10.1. The molecule has 1 unspecified atom stereocenters. The van der Waals surface area contributed by atoms with Gasteiger partial charge in [0.15, 0.2) is 6.10 Å². The lowest BCUT2D eigenvalue weighted by Crippen LogP contribution is -2.41. The van der Waals surface area contributed by atoms with Crippen LogP contribution in [-0.4, -0.2) is 12.0 Å². The van der Waals surface area contributed by atoms with Crippen molar-refractivity contribution >= 4 is 21.8 Å². The Morgan fingerprint density at radius 1 is 1.47 bits per heavy atom. The van der Waals surface area contributed by atoms with E-state index in [1.54, 1.807) is 0 Å². The van der Waals surface area contributed by atoms with Gasteiger partial charge in [0, 0.05) is 4.47 Å². The fraction of sp³-hybridized carbons (Fsp3) is 0.417. The fourth-order valence-electron chi connectivity index (χ4n) is 1.55. The Hall–Kier alpha value is -1.07. The van der Waals surface area contributed by atoms with E-state index in [0.29, 0.717) is 12.2 Å². The largest absolute Gasteiger partial charge is 0.481 e. The molecular weight excluding hydrogens is 284 g/mol. The van der Waals surface area contributed by atoms with Gasteiger partial charge in [-0.15, -0.1) is 0 Å². The van der Waals surface area contributed by atoms with Crippen LogP contribution in [0.1, 0.15) is 24.5 Å².